The molecule has 2 fully saturated rings. The summed E-state index contributed by atoms with van der Waals surface area (Å²) in [7, 11) is 0. The summed E-state index contributed by atoms with van der Waals surface area (Å²) in [5.74, 6) is 0.772. The molecule has 2 aliphatic rings. The molecule has 1 amide bonds. The molecule has 1 aliphatic carbocycles. The second-order valence-electron chi connectivity index (χ2n) is 4.46. The van der Waals surface area contributed by atoms with Gasteiger partial charge < -0.3 is 15.4 Å². The summed E-state index contributed by atoms with van der Waals surface area (Å²) >= 11 is 0. The number of carbonyl (C=O) groups excluding carboxylic acids is 1. The van der Waals surface area contributed by atoms with E-state index in [4.69, 9.17) is 10.5 Å². The van der Waals surface area contributed by atoms with Gasteiger partial charge in [-0.2, -0.15) is 0 Å². The second-order valence-corrected chi connectivity index (χ2v) is 4.46. The van der Waals surface area contributed by atoms with Crippen LogP contribution in [0.1, 0.15) is 25.7 Å². The monoisotopic (exact) mass is 212 g/mol. The Labute approximate surface area is 90.8 Å². The third-order valence-corrected chi connectivity index (χ3v) is 3.51. The number of ether oxygens (including phenoxy) is 1. The van der Waals surface area contributed by atoms with Crippen molar-refractivity contribution >= 4 is 5.91 Å². The Morgan fingerprint density at radius 1 is 1.47 bits per heavy atom. The molecule has 15 heavy (non-hydrogen) atoms. The number of hydrogen-bond acceptors (Lipinski definition) is 3. The van der Waals surface area contributed by atoms with Gasteiger partial charge >= 0.3 is 0 Å². The van der Waals surface area contributed by atoms with Crippen LogP contribution in [0.25, 0.3) is 0 Å². The molecule has 0 aromatic heterocycles. The van der Waals surface area contributed by atoms with Crippen molar-refractivity contribution in [3.63, 3.8) is 0 Å². The fraction of sp³-hybridized carbons (Fsp3) is 0.909. The molecule has 0 aromatic carbocycles. The standard InChI is InChI=1S/C11H20N2O2/c12-5-4-11(14)13-6-7-15-8-9-2-1-3-10(9)13/h9-10H,1-8,12H2/t9-,10+/m0/s1. The Bertz CT molecular complexity index is 233. The Morgan fingerprint density at radius 2 is 2.33 bits per heavy atom. The number of hydrogen-bond donors (Lipinski definition) is 1. The van der Waals surface area contributed by atoms with Crippen LogP contribution in [0, 0.1) is 5.92 Å². The number of amides is 1. The van der Waals surface area contributed by atoms with Crippen molar-refractivity contribution in [3.05, 3.63) is 0 Å². The van der Waals surface area contributed by atoms with Crippen LogP contribution in [0.4, 0.5) is 0 Å². The first kappa shape index (κ1) is 10.9. The van der Waals surface area contributed by atoms with Crippen LogP contribution >= 0.6 is 0 Å². The van der Waals surface area contributed by atoms with Gasteiger partial charge in [0.1, 0.15) is 0 Å². The molecule has 0 aromatic rings. The maximum Gasteiger partial charge on any atom is 0.224 e. The molecule has 1 saturated heterocycles. The molecule has 4 nitrogen and oxygen atoms in total. The topological polar surface area (TPSA) is 55.6 Å². The van der Waals surface area contributed by atoms with Gasteiger partial charge in [0.2, 0.25) is 5.91 Å². The van der Waals surface area contributed by atoms with Gasteiger partial charge in [0.25, 0.3) is 0 Å². The molecule has 2 atom stereocenters. The maximum absolute atomic E-state index is 11.9. The Kier molecular flexibility index (Phi) is 3.59. The van der Waals surface area contributed by atoms with Crippen molar-refractivity contribution in [2.75, 3.05) is 26.3 Å². The van der Waals surface area contributed by atoms with E-state index in [1.54, 1.807) is 0 Å². The van der Waals surface area contributed by atoms with Crippen molar-refractivity contribution in [1.29, 1.82) is 0 Å². The lowest BCUT2D eigenvalue weighted by atomic mass is 10.0. The van der Waals surface area contributed by atoms with Gasteiger partial charge in [-0.15, -0.1) is 0 Å². The minimum Gasteiger partial charge on any atom is -0.379 e. The fourth-order valence-electron chi connectivity index (χ4n) is 2.76. The SMILES string of the molecule is NCCC(=O)N1CCOC[C@@H]2CCC[C@H]21. The van der Waals surface area contributed by atoms with Crippen molar-refractivity contribution in [2.24, 2.45) is 11.7 Å². The predicted octanol–water partition coefficient (Wildman–Crippen LogP) is 0.363. The second kappa shape index (κ2) is 4.94. The van der Waals surface area contributed by atoms with Crippen molar-refractivity contribution < 1.29 is 9.53 Å². The van der Waals surface area contributed by atoms with Crippen LogP contribution in [0.2, 0.25) is 0 Å². The van der Waals surface area contributed by atoms with Crippen LogP contribution in [0.15, 0.2) is 0 Å². The van der Waals surface area contributed by atoms with Gasteiger partial charge in [-0.25, -0.2) is 0 Å². The summed E-state index contributed by atoms with van der Waals surface area (Å²) < 4.78 is 5.54. The van der Waals surface area contributed by atoms with Crippen molar-refractivity contribution in [1.82, 2.24) is 4.90 Å². The average Bonchev–Trinajstić information content (AvgIpc) is 2.58. The highest BCUT2D eigenvalue weighted by Gasteiger charge is 2.35. The summed E-state index contributed by atoms with van der Waals surface area (Å²) in [6.07, 6.45) is 4.05. The molecule has 1 aliphatic heterocycles. The molecule has 2 rings (SSSR count). The van der Waals surface area contributed by atoms with E-state index >= 15 is 0 Å². The normalized spacial score (nSPS) is 31.1. The van der Waals surface area contributed by atoms with Crippen LogP contribution < -0.4 is 5.73 Å². The lowest BCUT2D eigenvalue weighted by Crippen LogP contribution is -2.43. The fourth-order valence-corrected chi connectivity index (χ4v) is 2.76. The van der Waals surface area contributed by atoms with E-state index in [-0.39, 0.29) is 5.91 Å². The zero-order chi connectivity index (χ0) is 10.7. The van der Waals surface area contributed by atoms with E-state index in [0.29, 0.717) is 31.5 Å². The Hall–Kier alpha value is -0.610. The first-order valence-electron chi connectivity index (χ1n) is 5.90. The molecule has 0 spiro atoms. The summed E-state index contributed by atoms with van der Waals surface area (Å²) in [5, 5.41) is 0. The molecule has 1 saturated carbocycles. The summed E-state index contributed by atoms with van der Waals surface area (Å²) in [6.45, 7) is 2.72. The molecule has 0 unspecified atom stereocenters. The third kappa shape index (κ3) is 2.32. The van der Waals surface area contributed by atoms with Gasteiger partial charge in [-0.1, -0.05) is 6.42 Å². The van der Waals surface area contributed by atoms with Crippen LogP contribution in [0.5, 0.6) is 0 Å². The molecule has 4 heteroatoms. The molecule has 2 N–H and O–H groups in total. The van der Waals surface area contributed by atoms with Crippen LogP contribution in [0.3, 0.4) is 0 Å². The van der Waals surface area contributed by atoms with Gasteiger partial charge in [0.05, 0.1) is 13.2 Å². The molecule has 86 valence electrons. The predicted molar refractivity (Wildman–Crippen MR) is 57.3 cm³/mol. The highest BCUT2D eigenvalue weighted by molar-refractivity contribution is 5.76. The highest BCUT2D eigenvalue weighted by Crippen LogP contribution is 2.31. The first-order chi connectivity index (χ1) is 7.33. The largest absolute Gasteiger partial charge is 0.379 e. The number of fused-ring (bicyclic) bond motifs is 1. The van der Waals surface area contributed by atoms with E-state index in [9.17, 15) is 4.79 Å². The maximum atomic E-state index is 11.9. The van der Waals surface area contributed by atoms with Crippen LogP contribution in [-0.2, 0) is 9.53 Å². The van der Waals surface area contributed by atoms with E-state index in [2.05, 4.69) is 0 Å². The number of nitrogens with two attached hydrogens (primary N) is 1. The Morgan fingerprint density at radius 3 is 3.13 bits per heavy atom. The van der Waals surface area contributed by atoms with E-state index in [0.717, 1.165) is 19.6 Å². The van der Waals surface area contributed by atoms with Gasteiger partial charge in [0, 0.05) is 31.5 Å². The summed E-state index contributed by atoms with van der Waals surface area (Å²) in [4.78, 5) is 13.9. The summed E-state index contributed by atoms with van der Waals surface area (Å²) in [6, 6.07) is 0.423. The smallest absolute Gasteiger partial charge is 0.224 e. The molecule has 1 heterocycles. The molecule has 0 bridgehead atoms. The van der Waals surface area contributed by atoms with Gasteiger partial charge in [-0.05, 0) is 12.8 Å². The van der Waals surface area contributed by atoms with Crippen LogP contribution in [-0.4, -0.2) is 43.2 Å². The Balaban J connectivity index is 2.03. The van der Waals surface area contributed by atoms with E-state index in [1.807, 2.05) is 4.90 Å². The molecule has 0 radical (unpaired) electrons. The number of carbonyl (C=O) groups is 1. The van der Waals surface area contributed by atoms with Crippen molar-refractivity contribution in [2.45, 2.75) is 31.7 Å². The quantitative estimate of drug-likeness (QED) is 0.719. The zero-order valence-corrected chi connectivity index (χ0v) is 9.15. The highest BCUT2D eigenvalue weighted by atomic mass is 16.5. The average molecular weight is 212 g/mol. The lowest BCUT2D eigenvalue weighted by molar-refractivity contribution is -0.133. The third-order valence-electron chi connectivity index (χ3n) is 3.51. The van der Waals surface area contributed by atoms with Crippen molar-refractivity contribution in [3.8, 4) is 0 Å². The molecular weight excluding hydrogens is 192 g/mol. The van der Waals surface area contributed by atoms with E-state index in [1.165, 1.54) is 12.8 Å². The summed E-state index contributed by atoms with van der Waals surface area (Å²) in [5.41, 5.74) is 5.43. The van der Waals surface area contributed by atoms with E-state index < -0.39 is 0 Å². The molecular formula is C11H20N2O2. The first-order valence-corrected chi connectivity index (χ1v) is 5.90. The van der Waals surface area contributed by atoms with Gasteiger partial charge in [-0.3, -0.25) is 4.79 Å². The minimum absolute atomic E-state index is 0.208. The lowest BCUT2D eigenvalue weighted by Gasteiger charge is -2.29. The van der Waals surface area contributed by atoms with Gasteiger partial charge in [0.15, 0.2) is 0 Å². The number of rotatable bonds is 2. The number of nitrogens with zero attached hydrogens (tertiary/aromatic N) is 1. The minimum atomic E-state index is 0.208. The zero-order valence-electron chi connectivity index (χ0n) is 9.15.